The number of carbonyl (C=O) groups is 4. The lowest BCUT2D eigenvalue weighted by atomic mass is 9.46. The van der Waals surface area contributed by atoms with Crippen LogP contribution in [-0.2, 0) is 23.9 Å². The second kappa shape index (κ2) is 7.94. The van der Waals surface area contributed by atoms with Crippen LogP contribution in [0.25, 0.3) is 0 Å². The lowest BCUT2D eigenvalue weighted by Crippen LogP contribution is -2.58. The number of carbonyl (C=O) groups excluding carboxylic acids is 3. The molecule has 4 aliphatic rings. The standard InChI is InChI=1S/C25H32O7/c1-23-10-7-16(26)13-15(23)3-4-17-18(23)8-11-24(2)19(17)9-12-25(24,31)20(27)14-32-22(30)6-5-21(28)29/h5-6,13,17-19,31H,3-4,7-12,14H2,1-2H3,(H,28,29)/t17-,18+,19+,23+,24+,25+/m1/s1. The Morgan fingerprint density at radius 3 is 2.50 bits per heavy atom. The Hall–Kier alpha value is -2.28. The maximum absolute atomic E-state index is 13.0. The monoisotopic (exact) mass is 444 g/mol. The molecule has 3 fully saturated rings. The molecule has 0 heterocycles. The van der Waals surface area contributed by atoms with E-state index in [1.807, 2.05) is 13.0 Å². The molecule has 0 unspecified atom stereocenters. The van der Waals surface area contributed by atoms with Crippen molar-refractivity contribution in [2.45, 2.75) is 70.8 Å². The third kappa shape index (κ3) is 3.45. The molecule has 4 aliphatic carbocycles. The van der Waals surface area contributed by atoms with Gasteiger partial charge in [-0.1, -0.05) is 19.4 Å². The van der Waals surface area contributed by atoms with Crippen LogP contribution in [0.2, 0.25) is 0 Å². The summed E-state index contributed by atoms with van der Waals surface area (Å²) in [5, 5.41) is 20.2. The first kappa shape index (κ1) is 22.9. The van der Waals surface area contributed by atoms with E-state index in [1.54, 1.807) is 0 Å². The van der Waals surface area contributed by atoms with Gasteiger partial charge in [0, 0.05) is 24.0 Å². The second-order valence-corrected chi connectivity index (χ2v) is 10.5. The topological polar surface area (TPSA) is 118 Å². The van der Waals surface area contributed by atoms with Crippen molar-refractivity contribution in [1.29, 1.82) is 0 Å². The summed E-state index contributed by atoms with van der Waals surface area (Å²) in [6, 6.07) is 0. The first-order chi connectivity index (χ1) is 15.0. The van der Waals surface area contributed by atoms with Crippen molar-refractivity contribution < 1.29 is 34.1 Å². The van der Waals surface area contributed by atoms with Gasteiger partial charge in [0.2, 0.25) is 5.78 Å². The van der Waals surface area contributed by atoms with Crippen molar-refractivity contribution in [1.82, 2.24) is 0 Å². The smallest absolute Gasteiger partial charge is 0.331 e. The molecule has 0 aromatic rings. The number of carboxylic acids is 1. The van der Waals surface area contributed by atoms with Gasteiger partial charge < -0.3 is 14.9 Å². The highest BCUT2D eigenvalue weighted by molar-refractivity contribution is 5.94. The van der Waals surface area contributed by atoms with Crippen LogP contribution in [0, 0.1) is 28.6 Å². The van der Waals surface area contributed by atoms with Crippen molar-refractivity contribution >= 4 is 23.5 Å². The molecule has 0 aromatic carbocycles. The van der Waals surface area contributed by atoms with Gasteiger partial charge in [-0.3, -0.25) is 9.59 Å². The molecule has 4 rings (SSSR count). The van der Waals surface area contributed by atoms with Gasteiger partial charge in [-0.2, -0.15) is 0 Å². The van der Waals surface area contributed by atoms with E-state index >= 15 is 0 Å². The zero-order chi connectivity index (χ0) is 23.3. The largest absolute Gasteiger partial charge is 0.478 e. The SMILES string of the molecule is C[C@]12CCC(=O)C=C1CC[C@@H]1[C@@H]2CC[C@@]2(C)[C@H]1CC[C@]2(O)C(=O)COC(=O)C=CC(=O)O. The number of ether oxygens (including phenoxy) is 1. The van der Waals surface area contributed by atoms with Crippen LogP contribution < -0.4 is 0 Å². The van der Waals surface area contributed by atoms with Gasteiger partial charge in [-0.15, -0.1) is 0 Å². The summed E-state index contributed by atoms with van der Waals surface area (Å²) in [5.41, 5.74) is -0.839. The molecule has 0 bridgehead atoms. The fourth-order valence-electron chi connectivity index (χ4n) is 7.48. The summed E-state index contributed by atoms with van der Waals surface area (Å²) in [4.78, 5) is 47.2. The van der Waals surface area contributed by atoms with Gasteiger partial charge in [-0.25, -0.2) is 9.59 Å². The summed E-state index contributed by atoms with van der Waals surface area (Å²) in [6.45, 7) is 3.73. The van der Waals surface area contributed by atoms with E-state index in [1.165, 1.54) is 5.57 Å². The van der Waals surface area contributed by atoms with E-state index in [0.29, 0.717) is 37.2 Å². The minimum Gasteiger partial charge on any atom is -0.478 e. The average Bonchev–Trinajstić information content (AvgIpc) is 3.03. The number of carboxylic acid groups (broad SMARTS) is 1. The molecule has 0 spiro atoms. The Balaban J connectivity index is 1.50. The van der Waals surface area contributed by atoms with Crippen molar-refractivity contribution in [2.24, 2.45) is 28.6 Å². The van der Waals surface area contributed by atoms with Crippen molar-refractivity contribution in [2.75, 3.05) is 6.61 Å². The molecule has 3 saturated carbocycles. The van der Waals surface area contributed by atoms with Crippen LogP contribution in [0.4, 0.5) is 0 Å². The Kier molecular flexibility index (Phi) is 5.68. The van der Waals surface area contributed by atoms with Crippen LogP contribution >= 0.6 is 0 Å². The van der Waals surface area contributed by atoms with Gasteiger partial charge in [0.25, 0.3) is 0 Å². The number of esters is 1. The van der Waals surface area contributed by atoms with Crippen LogP contribution in [0.5, 0.6) is 0 Å². The normalized spacial score (nSPS) is 40.8. The second-order valence-electron chi connectivity index (χ2n) is 10.5. The Morgan fingerprint density at radius 2 is 1.78 bits per heavy atom. The molecule has 7 nitrogen and oxygen atoms in total. The minimum absolute atomic E-state index is 0.0227. The number of allylic oxidation sites excluding steroid dienone is 1. The van der Waals surface area contributed by atoms with E-state index in [9.17, 15) is 24.3 Å². The molecule has 0 aromatic heterocycles. The highest BCUT2D eigenvalue weighted by Crippen LogP contribution is 2.67. The lowest BCUT2D eigenvalue weighted by molar-refractivity contribution is -0.168. The van der Waals surface area contributed by atoms with Gasteiger partial charge in [0.15, 0.2) is 12.4 Å². The lowest BCUT2D eigenvalue weighted by Gasteiger charge is -2.58. The van der Waals surface area contributed by atoms with Gasteiger partial charge in [0.05, 0.1) is 0 Å². The van der Waals surface area contributed by atoms with Crippen LogP contribution in [0.15, 0.2) is 23.8 Å². The summed E-state index contributed by atoms with van der Waals surface area (Å²) >= 11 is 0. The third-order valence-corrected chi connectivity index (χ3v) is 9.28. The van der Waals surface area contributed by atoms with E-state index in [0.717, 1.165) is 38.2 Å². The molecule has 0 aliphatic heterocycles. The third-order valence-electron chi connectivity index (χ3n) is 9.28. The number of Topliss-reactive ketones (excluding diaryl/α,β-unsaturated/α-hetero) is 1. The predicted octanol–water partition coefficient (Wildman–Crippen LogP) is 3.00. The summed E-state index contributed by atoms with van der Waals surface area (Å²) < 4.78 is 4.92. The molecule has 0 radical (unpaired) electrons. The van der Waals surface area contributed by atoms with E-state index in [4.69, 9.17) is 9.84 Å². The summed E-state index contributed by atoms with van der Waals surface area (Å²) in [5.74, 6) is -1.43. The van der Waals surface area contributed by atoms with Gasteiger partial charge in [0.1, 0.15) is 5.60 Å². The predicted molar refractivity (Wildman–Crippen MR) is 114 cm³/mol. The van der Waals surface area contributed by atoms with Crippen molar-refractivity contribution in [3.05, 3.63) is 23.8 Å². The zero-order valence-electron chi connectivity index (χ0n) is 18.8. The molecule has 32 heavy (non-hydrogen) atoms. The Morgan fingerprint density at radius 1 is 1.06 bits per heavy atom. The molecule has 0 saturated heterocycles. The first-order valence-electron chi connectivity index (χ1n) is 11.6. The number of fused-ring (bicyclic) bond motifs is 5. The fourth-order valence-corrected chi connectivity index (χ4v) is 7.48. The average molecular weight is 445 g/mol. The van der Waals surface area contributed by atoms with Crippen LogP contribution in [0.1, 0.15) is 65.2 Å². The fraction of sp³-hybridized carbons (Fsp3) is 0.680. The summed E-state index contributed by atoms with van der Waals surface area (Å²) in [7, 11) is 0. The van der Waals surface area contributed by atoms with Gasteiger partial charge >= 0.3 is 11.9 Å². The number of hydrogen-bond acceptors (Lipinski definition) is 6. The molecule has 174 valence electrons. The molecular weight excluding hydrogens is 412 g/mol. The highest BCUT2D eigenvalue weighted by Gasteiger charge is 2.66. The summed E-state index contributed by atoms with van der Waals surface area (Å²) in [6.07, 6.45) is 9.33. The van der Waals surface area contributed by atoms with Crippen molar-refractivity contribution in [3.8, 4) is 0 Å². The quantitative estimate of drug-likeness (QED) is 0.494. The molecule has 0 amide bonds. The van der Waals surface area contributed by atoms with Gasteiger partial charge in [-0.05, 0) is 74.2 Å². The Bertz CT molecular complexity index is 917. The van der Waals surface area contributed by atoms with E-state index in [-0.39, 0.29) is 17.1 Å². The maximum Gasteiger partial charge on any atom is 0.331 e. The molecule has 6 atom stereocenters. The first-order valence-corrected chi connectivity index (χ1v) is 11.6. The number of hydrogen-bond donors (Lipinski definition) is 2. The van der Waals surface area contributed by atoms with Crippen LogP contribution in [0.3, 0.4) is 0 Å². The minimum atomic E-state index is -1.56. The number of rotatable bonds is 5. The number of ketones is 2. The maximum atomic E-state index is 13.0. The number of aliphatic hydroxyl groups is 1. The van der Waals surface area contributed by atoms with Crippen LogP contribution in [-0.4, -0.2) is 45.9 Å². The van der Waals surface area contributed by atoms with E-state index < -0.39 is 35.3 Å². The Labute approximate surface area is 187 Å². The number of aliphatic carboxylic acids is 1. The van der Waals surface area contributed by atoms with Crippen molar-refractivity contribution in [3.63, 3.8) is 0 Å². The highest BCUT2D eigenvalue weighted by atomic mass is 16.5. The van der Waals surface area contributed by atoms with E-state index in [2.05, 4.69) is 6.92 Å². The molecular formula is C25H32O7. The molecule has 7 heteroatoms. The molecule has 2 N–H and O–H groups in total. The zero-order valence-corrected chi connectivity index (χ0v) is 18.8.